The van der Waals surface area contributed by atoms with Gasteiger partial charge in [-0.05, 0) is 37.1 Å². The van der Waals surface area contributed by atoms with Crippen LogP contribution in [0, 0.1) is 17.5 Å². The van der Waals surface area contributed by atoms with Crippen molar-refractivity contribution in [1.82, 2.24) is 10.2 Å². The zero-order valence-corrected chi connectivity index (χ0v) is 18.8. The van der Waals surface area contributed by atoms with E-state index in [1.807, 2.05) is 11.9 Å². The quantitative estimate of drug-likeness (QED) is 0.617. The van der Waals surface area contributed by atoms with Crippen molar-refractivity contribution in [1.29, 1.82) is 0 Å². The van der Waals surface area contributed by atoms with E-state index >= 15 is 0 Å². The van der Waals surface area contributed by atoms with Crippen LogP contribution >= 0.6 is 0 Å². The lowest BCUT2D eigenvalue weighted by atomic mass is 9.77. The molecule has 0 aliphatic carbocycles. The molecular formula is C24H27F3N4O3. The smallest absolute Gasteiger partial charge is 0.317 e. The van der Waals surface area contributed by atoms with E-state index in [-0.39, 0.29) is 49.2 Å². The highest BCUT2D eigenvalue weighted by Gasteiger charge is 2.45. The van der Waals surface area contributed by atoms with Gasteiger partial charge >= 0.3 is 6.03 Å². The Labute approximate surface area is 195 Å². The Morgan fingerprint density at radius 1 is 1.12 bits per heavy atom. The fraction of sp³-hybridized carbons (Fsp3) is 0.417. The Balaban J connectivity index is 1.38. The van der Waals surface area contributed by atoms with E-state index in [2.05, 4.69) is 10.6 Å². The van der Waals surface area contributed by atoms with Crippen molar-refractivity contribution in [2.45, 2.75) is 31.3 Å². The van der Waals surface area contributed by atoms with Gasteiger partial charge in [0, 0.05) is 62.5 Å². The van der Waals surface area contributed by atoms with Gasteiger partial charge in [0.25, 0.3) is 0 Å². The molecule has 0 radical (unpaired) electrons. The predicted molar refractivity (Wildman–Crippen MR) is 121 cm³/mol. The van der Waals surface area contributed by atoms with Gasteiger partial charge in [-0.25, -0.2) is 18.0 Å². The summed E-state index contributed by atoms with van der Waals surface area (Å²) in [6.45, 7) is 0.574. The predicted octanol–water partition coefficient (Wildman–Crippen LogP) is 3.28. The van der Waals surface area contributed by atoms with Crippen LogP contribution in [-0.2, 0) is 6.54 Å². The number of anilines is 2. The Kier molecular flexibility index (Phi) is 6.70. The van der Waals surface area contributed by atoms with Gasteiger partial charge in [-0.3, -0.25) is 4.79 Å². The minimum absolute atomic E-state index is 0.0461. The molecule has 2 aromatic carbocycles. The molecule has 182 valence electrons. The highest BCUT2D eigenvalue weighted by molar-refractivity contribution is 6.04. The molecule has 2 aliphatic rings. The minimum atomic E-state index is -0.780. The first-order valence-electron chi connectivity index (χ1n) is 11.2. The summed E-state index contributed by atoms with van der Waals surface area (Å²) < 4.78 is 41.6. The van der Waals surface area contributed by atoms with Gasteiger partial charge in [0.2, 0.25) is 0 Å². The van der Waals surface area contributed by atoms with Gasteiger partial charge in [-0.1, -0.05) is 0 Å². The van der Waals surface area contributed by atoms with Crippen molar-refractivity contribution < 1.29 is 27.9 Å². The highest BCUT2D eigenvalue weighted by atomic mass is 19.1. The van der Waals surface area contributed by atoms with Crippen LogP contribution in [0.2, 0.25) is 0 Å². The number of fused-ring (bicyclic) bond motifs is 1. The maximum atomic E-state index is 14.2. The van der Waals surface area contributed by atoms with Crippen LogP contribution < -0.4 is 15.5 Å². The monoisotopic (exact) mass is 476 g/mol. The molecule has 1 saturated heterocycles. The van der Waals surface area contributed by atoms with E-state index in [1.165, 1.54) is 18.2 Å². The number of carbonyl (C=O) groups is 2. The van der Waals surface area contributed by atoms with E-state index in [9.17, 15) is 22.8 Å². The Morgan fingerprint density at radius 2 is 1.85 bits per heavy atom. The van der Waals surface area contributed by atoms with Crippen molar-refractivity contribution in [3.63, 3.8) is 0 Å². The van der Waals surface area contributed by atoms with Crippen molar-refractivity contribution in [2.24, 2.45) is 0 Å². The molecule has 2 heterocycles. The lowest BCUT2D eigenvalue weighted by Gasteiger charge is -2.50. The van der Waals surface area contributed by atoms with Crippen LogP contribution in [0.1, 0.15) is 35.2 Å². The van der Waals surface area contributed by atoms with Crippen LogP contribution in [0.4, 0.5) is 29.3 Å². The number of Topliss-reactive ketones (excluding diaryl/α,β-unsaturated/α-hetero) is 1. The maximum Gasteiger partial charge on any atom is 0.317 e. The Hall–Kier alpha value is -3.27. The van der Waals surface area contributed by atoms with Gasteiger partial charge in [0.15, 0.2) is 5.78 Å². The summed E-state index contributed by atoms with van der Waals surface area (Å²) in [5.74, 6) is -2.11. The summed E-state index contributed by atoms with van der Waals surface area (Å²) in [5, 5.41) is 14.2. The average Bonchev–Trinajstić information content (AvgIpc) is 2.82. The first kappa shape index (κ1) is 23.9. The lowest BCUT2D eigenvalue weighted by molar-refractivity contribution is 0.0890. The molecule has 2 aliphatic heterocycles. The molecule has 0 bridgehead atoms. The summed E-state index contributed by atoms with van der Waals surface area (Å²) in [6, 6.07) is 5.85. The van der Waals surface area contributed by atoms with Gasteiger partial charge in [0.1, 0.15) is 17.5 Å². The van der Waals surface area contributed by atoms with E-state index in [4.69, 9.17) is 5.11 Å². The van der Waals surface area contributed by atoms with Crippen LogP contribution in [0.3, 0.4) is 0 Å². The number of piperidine rings is 1. The van der Waals surface area contributed by atoms with Crippen molar-refractivity contribution in [2.75, 3.05) is 43.5 Å². The first-order chi connectivity index (χ1) is 16.2. The summed E-state index contributed by atoms with van der Waals surface area (Å²) in [5.41, 5.74) is 0.778. The van der Waals surface area contributed by atoms with E-state index in [0.717, 1.165) is 6.07 Å². The number of halogens is 3. The molecule has 1 spiro atoms. The lowest BCUT2D eigenvalue weighted by Crippen LogP contribution is -2.59. The third-order valence-electron chi connectivity index (χ3n) is 6.80. The summed E-state index contributed by atoms with van der Waals surface area (Å²) in [7, 11) is 1.89. The van der Waals surface area contributed by atoms with Crippen LogP contribution in [0.25, 0.3) is 0 Å². The number of carbonyl (C=O) groups excluding carboxylic acids is 2. The third-order valence-corrected chi connectivity index (χ3v) is 6.80. The second-order valence-electron chi connectivity index (χ2n) is 8.76. The Morgan fingerprint density at radius 3 is 2.56 bits per heavy atom. The molecule has 4 rings (SSSR count). The van der Waals surface area contributed by atoms with Gasteiger partial charge < -0.3 is 25.5 Å². The molecule has 10 heteroatoms. The van der Waals surface area contributed by atoms with Crippen molar-refractivity contribution in [3.05, 3.63) is 58.9 Å². The molecule has 3 N–H and O–H groups in total. The number of urea groups is 1. The standard InChI is InChI=1S/C24H27F3N4O3/c1-30-21-3-2-16(25)11-17(21)22(33)13-24(30)4-7-31(8-5-24)23(34)29-14-15-10-20(28-6-9-32)19(27)12-18(15)26/h2-3,10-12,28,32H,4-9,13-14H2,1H3,(H,29,34). The average molecular weight is 476 g/mol. The van der Waals surface area contributed by atoms with E-state index in [1.54, 1.807) is 11.0 Å². The molecule has 1 fully saturated rings. The SMILES string of the molecule is CN1c2ccc(F)cc2C(=O)CC12CCN(C(=O)NCc1cc(NCCO)c(F)cc1F)CC2. The second-order valence-corrected chi connectivity index (χ2v) is 8.76. The zero-order chi connectivity index (χ0) is 24.5. The van der Waals surface area contributed by atoms with Gasteiger partial charge in [-0.2, -0.15) is 0 Å². The van der Waals surface area contributed by atoms with Crippen LogP contribution in [0.5, 0.6) is 0 Å². The zero-order valence-electron chi connectivity index (χ0n) is 18.8. The van der Waals surface area contributed by atoms with Crippen molar-refractivity contribution >= 4 is 23.2 Å². The highest BCUT2D eigenvalue weighted by Crippen LogP contribution is 2.42. The number of rotatable bonds is 5. The van der Waals surface area contributed by atoms with Gasteiger partial charge in [0.05, 0.1) is 17.8 Å². The van der Waals surface area contributed by atoms with Crippen LogP contribution in [0.15, 0.2) is 30.3 Å². The first-order valence-corrected chi connectivity index (χ1v) is 11.2. The number of likely N-dealkylation sites (tertiary alicyclic amines) is 1. The molecule has 2 amide bonds. The normalized spacial score (nSPS) is 17.0. The van der Waals surface area contributed by atoms with Crippen molar-refractivity contribution in [3.8, 4) is 0 Å². The molecular weight excluding hydrogens is 449 g/mol. The summed E-state index contributed by atoms with van der Waals surface area (Å²) in [4.78, 5) is 29.0. The molecule has 34 heavy (non-hydrogen) atoms. The molecule has 0 unspecified atom stereocenters. The number of benzene rings is 2. The minimum Gasteiger partial charge on any atom is -0.395 e. The van der Waals surface area contributed by atoms with E-state index < -0.39 is 23.0 Å². The van der Waals surface area contributed by atoms with Crippen LogP contribution in [-0.4, -0.2) is 60.6 Å². The fourth-order valence-corrected chi connectivity index (χ4v) is 4.77. The largest absolute Gasteiger partial charge is 0.395 e. The summed E-state index contributed by atoms with van der Waals surface area (Å²) >= 11 is 0. The number of nitrogens with zero attached hydrogens (tertiary/aromatic N) is 2. The topological polar surface area (TPSA) is 84.9 Å². The fourth-order valence-electron chi connectivity index (χ4n) is 4.77. The van der Waals surface area contributed by atoms with E-state index in [0.29, 0.717) is 37.2 Å². The van der Waals surface area contributed by atoms with Gasteiger partial charge in [-0.15, -0.1) is 0 Å². The number of nitrogens with one attached hydrogen (secondary N) is 2. The number of hydrogen-bond donors (Lipinski definition) is 3. The number of aliphatic hydroxyl groups excluding tert-OH is 1. The number of ketones is 1. The number of aliphatic hydroxyl groups is 1. The second kappa shape index (κ2) is 9.54. The molecule has 0 atom stereocenters. The molecule has 2 aromatic rings. The summed E-state index contributed by atoms with van der Waals surface area (Å²) in [6.07, 6.45) is 1.36. The molecule has 0 saturated carbocycles. The Bertz CT molecular complexity index is 1100. The number of amides is 2. The molecule has 7 nitrogen and oxygen atoms in total. The molecule has 0 aromatic heterocycles. The number of hydrogen-bond acceptors (Lipinski definition) is 5. The third kappa shape index (κ3) is 4.54. The maximum absolute atomic E-state index is 14.2.